The van der Waals surface area contributed by atoms with Crippen LogP contribution < -0.4 is 4.90 Å². The Labute approximate surface area is 129 Å². The van der Waals surface area contributed by atoms with Gasteiger partial charge in [0.05, 0.1) is 11.3 Å². The molecule has 0 bridgehead atoms. The molecule has 2 nitrogen and oxygen atoms in total. The Hall–Kier alpha value is -1.95. The number of amides is 1. The van der Waals surface area contributed by atoms with Crippen LogP contribution in [0.3, 0.4) is 0 Å². The SMILES string of the molecule is O=C1CSC(c2ccccc2C(F)(F)F)N1c1ccccc1. The fourth-order valence-electron chi connectivity index (χ4n) is 2.49. The third-order valence-electron chi connectivity index (χ3n) is 3.43. The van der Waals surface area contributed by atoms with Crippen molar-refractivity contribution in [3.63, 3.8) is 0 Å². The number of benzene rings is 2. The molecule has 3 rings (SSSR count). The van der Waals surface area contributed by atoms with E-state index in [1.165, 1.54) is 28.8 Å². The molecule has 1 heterocycles. The summed E-state index contributed by atoms with van der Waals surface area (Å²) in [6.45, 7) is 0. The van der Waals surface area contributed by atoms with Crippen LogP contribution >= 0.6 is 11.8 Å². The predicted octanol–water partition coefficient (Wildman–Crippen LogP) is 4.48. The van der Waals surface area contributed by atoms with E-state index in [1.807, 2.05) is 0 Å². The molecular weight excluding hydrogens is 311 g/mol. The molecule has 1 amide bonds. The minimum atomic E-state index is -4.44. The Balaban J connectivity index is 2.07. The Morgan fingerprint density at radius 3 is 2.32 bits per heavy atom. The molecule has 0 N–H and O–H groups in total. The van der Waals surface area contributed by atoms with Crippen molar-refractivity contribution in [1.82, 2.24) is 0 Å². The zero-order valence-corrected chi connectivity index (χ0v) is 12.2. The van der Waals surface area contributed by atoms with E-state index in [0.717, 1.165) is 6.07 Å². The summed E-state index contributed by atoms with van der Waals surface area (Å²) in [7, 11) is 0. The monoisotopic (exact) mass is 323 g/mol. The Morgan fingerprint density at radius 1 is 1.00 bits per heavy atom. The Bertz CT molecular complexity index is 687. The number of hydrogen-bond acceptors (Lipinski definition) is 2. The van der Waals surface area contributed by atoms with Crippen molar-refractivity contribution >= 4 is 23.4 Å². The maximum atomic E-state index is 13.2. The third-order valence-corrected chi connectivity index (χ3v) is 4.63. The van der Waals surface area contributed by atoms with Gasteiger partial charge in [-0.25, -0.2) is 0 Å². The van der Waals surface area contributed by atoms with Gasteiger partial charge in [0.1, 0.15) is 5.37 Å². The normalized spacial score (nSPS) is 18.8. The lowest BCUT2D eigenvalue weighted by atomic mass is 10.1. The van der Waals surface area contributed by atoms with Crippen LogP contribution in [0, 0.1) is 0 Å². The van der Waals surface area contributed by atoms with Crippen LogP contribution in [-0.4, -0.2) is 11.7 Å². The van der Waals surface area contributed by atoms with Crippen molar-refractivity contribution in [2.75, 3.05) is 10.7 Å². The van der Waals surface area contributed by atoms with Crippen molar-refractivity contribution in [2.24, 2.45) is 0 Å². The summed E-state index contributed by atoms with van der Waals surface area (Å²) < 4.78 is 39.6. The molecule has 1 fully saturated rings. The summed E-state index contributed by atoms with van der Waals surface area (Å²) >= 11 is 1.21. The highest BCUT2D eigenvalue weighted by Crippen LogP contribution is 2.45. The Morgan fingerprint density at radius 2 is 1.64 bits per heavy atom. The van der Waals surface area contributed by atoms with Gasteiger partial charge in [0, 0.05) is 5.69 Å². The van der Waals surface area contributed by atoms with Gasteiger partial charge in [-0.05, 0) is 23.8 Å². The van der Waals surface area contributed by atoms with Crippen LogP contribution in [0.15, 0.2) is 54.6 Å². The van der Waals surface area contributed by atoms with Gasteiger partial charge >= 0.3 is 6.18 Å². The largest absolute Gasteiger partial charge is 0.416 e. The summed E-state index contributed by atoms with van der Waals surface area (Å²) in [5.41, 5.74) is 0.0392. The second kappa shape index (κ2) is 5.68. The molecule has 1 unspecified atom stereocenters. The minimum absolute atomic E-state index is 0.120. The lowest BCUT2D eigenvalue weighted by Gasteiger charge is -2.26. The molecule has 1 saturated heterocycles. The molecule has 2 aromatic carbocycles. The first-order valence-electron chi connectivity index (χ1n) is 6.63. The maximum absolute atomic E-state index is 13.2. The lowest BCUT2D eigenvalue weighted by Crippen LogP contribution is -2.29. The van der Waals surface area contributed by atoms with Gasteiger partial charge in [0.2, 0.25) is 5.91 Å². The number of rotatable bonds is 2. The molecule has 1 aliphatic rings. The number of anilines is 1. The number of halogens is 3. The molecule has 2 aromatic rings. The van der Waals surface area contributed by atoms with Crippen LogP contribution in [0.25, 0.3) is 0 Å². The van der Waals surface area contributed by atoms with Crippen LogP contribution in [0.1, 0.15) is 16.5 Å². The number of alkyl halides is 3. The van der Waals surface area contributed by atoms with Crippen molar-refractivity contribution < 1.29 is 18.0 Å². The van der Waals surface area contributed by atoms with Gasteiger partial charge in [0.15, 0.2) is 0 Å². The van der Waals surface area contributed by atoms with Gasteiger partial charge in [-0.2, -0.15) is 13.2 Å². The number of hydrogen-bond donors (Lipinski definition) is 0. The third kappa shape index (κ3) is 2.70. The van der Waals surface area contributed by atoms with Crippen molar-refractivity contribution in [2.45, 2.75) is 11.6 Å². The Kier molecular flexibility index (Phi) is 3.87. The first kappa shape index (κ1) is 15.0. The lowest BCUT2D eigenvalue weighted by molar-refractivity contribution is -0.138. The molecule has 1 atom stereocenters. The van der Waals surface area contributed by atoms with Crippen LogP contribution in [0.5, 0.6) is 0 Å². The molecule has 0 saturated carbocycles. The summed E-state index contributed by atoms with van der Waals surface area (Å²) in [5, 5.41) is -0.660. The van der Waals surface area contributed by atoms with Crippen LogP contribution in [0.4, 0.5) is 18.9 Å². The quantitative estimate of drug-likeness (QED) is 0.812. The second-order valence-electron chi connectivity index (χ2n) is 4.85. The molecule has 1 aliphatic heterocycles. The second-order valence-corrected chi connectivity index (χ2v) is 5.92. The van der Waals surface area contributed by atoms with Gasteiger partial charge < -0.3 is 0 Å². The van der Waals surface area contributed by atoms with Crippen molar-refractivity contribution in [3.8, 4) is 0 Å². The zero-order chi connectivity index (χ0) is 15.7. The summed E-state index contributed by atoms with van der Waals surface area (Å²) in [5.74, 6) is -0.00987. The molecule has 0 spiro atoms. The predicted molar refractivity (Wildman–Crippen MR) is 80.6 cm³/mol. The van der Waals surface area contributed by atoms with E-state index in [9.17, 15) is 18.0 Å². The number of thioether (sulfide) groups is 1. The highest BCUT2D eigenvalue weighted by molar-refractivity contribution is 8.00. The maximum Gasteiger partial charge on any atom is 0.416 e. The van der Waals surface area contributed by atoms with E-state index in [2.05, 4.69) is 0 Å². The standard InChI is InChI=1S/C16H12F3NOS/c17-16(18,19)13-9-5-4-8-12(13)15-20(14(21)10-22-15)11-6-2-1-3-7-11/h1-9,15H,10H2. The van der Waals surface area contributed by atoms with E-state index in [4.69, 9.17) is 0 Å². The van der Waals surface area contributed by atoms with E-state index >= 15 is 0 Å². The first-order valence-corrected chi connectivity index (χ1v) is 7.68. The van der Waals surface area contributed by atoms with E-state index < -0.39 is 17.1 Å². The number of para-hydroxylation sites is 1. The average Bonchev–Trinajstić information content (AvgIpc) is 2.89. The molecule has 114 valence electrons. The fraction of sp³-hybridized carbons (Fsp3) is 0.188. The average molecular weight is 323 g/mol. The van der Waals surface area contributed by atoms with Crippen LogP contribution in [0.2, 0.25) is 0 Å². The van der Waals surface area contributed by atoms with Crippen molar-refractivity contribution in [1.29, 1.82) is 0 Å². The zero-order valence-electron chi connectivity index (χ0n) is 11.4. The van der Waals surface area contributed by atoms with Gasteiger partial charge in [-0.15, -0.1) is 11.8 Å². The number of nitrogens with zero attached hydrogens (tertiary/aromatic N) is 1. The molecule has 0 aromatic heterocycles. The topological polar surface area (TPSA) is 20.3 Å². The fourth-order valence-corrected chi connectivity index (χ4v) is 3.71. The van der Waals surface area contributed by atoms with Gasteiger partial charge in [-0.3, -0.25) is 9.69 Å². The minimum Gasteiger partial charge on any atom is -0.295 e. The molecule has 0 radical (unpaired) electrons. The number of carbonyl (C=O) groups excluding carboxylic acids is 1. The van der Waals surface area contributed by atoms with E-state index in [1.54, 1.807) is 36.4 Å². The van der Waals surface area contributed by atoms with E-state index in [-0.39, 0.29) is 17.2 Å². The first-order chi connectivity index (χ1) is 10.5. The van der Waals surface area contributed by atoms with Gasteiger partial charge in [-0.1, -0.05) is 36.4 Å². The molecule has 0 aliphatic carbocycles. The molecular formula is C16H12F3NOS. The highest BCUT2D eigenvalue weighted by Gasteiger charge is 2.40. The summed E-state index contributed by atoms with van der Waals surface area (Å²) in [4.78, 5) is 13.6. The summed E-state index contributed by atoms with van der Waals surface area (Å²) in [6, 6.07) is 14.2. The molecule has 6 heteroatoms. The summed E-state index contributed by atoms with van der Waals surface area (Å²) in [6.07, 6.45) is -4.44. The highest BCUT2D eigenvalue weighted by atomic mass is 32.2. The van der Waals surface area contributed by atoms with Gasteiger partial charge in [0.25, 0.3) is 0 Å². The van der Waals surface area contributed by atoms with Crippen LogP contribution in [-0.2, 0) is 11.0 Å². The molecule has 22 heavy (non-hydrogen) atoms. The van der Waals surface area contributed by atoms with Crippen molar-refractivity contribution in [3.05, 3.63) is 65.7 Å². The number of carbonyl (C=O) groups is 1. The smallest absolute Gasteiger partial charge is 0.295 e. The van der Waals surface area contributed by atoms with E-state index in [0.29, 0.717) is 5.69 Å².